The zero-order valence-electron chi connectivity index (χ0n) is 12.6. The Morgan fingerprint density at radius 2 is 1.76 bits per heavy atom. The number of carbonyl (C=O) groups is 1. The molecule has 1 aromatic carbocycles. The van der Waals surface area contributed by atoms with Crippen molar-refractivity contribution in [2.75, 3.05) is 0 Å². The van der Waals surface area contributed by atoms with Gasteiger partial charge in [-0.05, 0) is 67.3 Å². The summed E-state index contributed by atoms with van der Waals surface area (Å²) in [5, 5.41) is 0. The van der Waals surface area contributed by atoms with E-state index in [2.05, 4.69) is 30.3 Å². The van der Waals surface area contributed by atoms with Gasteiger partial charge in [-0.25, -0.2) is 0 Å². The molecule has 0 aromatic heterocycles. The summed E-state index contributed by atoms with van der Waals surface area (Å²) in [4.78, 5) is 12.6. The molecule has 0 saturated heterocycles. The maximum Gasteiger partial charge on any atom is 0.139 e. The SMILES string of the molecule is O=C1CCC[C@H]2[C@@H]([C@@H]3C[C@H]3c3ccccc3)[C@@H]3CCC[C@]123. The van der Waals surface area contributed by atoms with Crippen molar-refractivity contribution in [3.05, 3.63) is 35.9 Å². The van der Waals surface area contributed by atoms with Crippen molar-refractivity contribution in [3.8, 4) is 0 Å². The lowest BCUT2D eigenvalue weighted by Crippen LogP contribution is -2.60. The Morgan fingerprint density at radius 1 is 1.00 bits per heavy atom. The minimum absolute atomic E-state index is 0.173. The molecule has 1 spiro atoms. The molecule has 4 saturated carbocycles. The molecule has 5 rings (SSSR count). The molecule has 4 aliphatic rings. The Morgan fingerprint density at radius 3 is 2.57 bits per heavy atom. The molecule has 0 amide bonds. The van der Waals surface area contributed by atoms with Crippen LogP contribution in [0.2, 0.25) is 0 Å². The fraction of sp³-hybridized carbons (Fsp3) is 0.650. The van der Waals surface area contributed by atoms with E-state index in [4.69, 9.17) is 0 Å². The Balaban J connectivity index is 1.41. The fourth-order valence-electron chi connectivity index (χ4n) is 6.60. The van der Waals surface area contributed by atoms with Gasteiger partial charge in [-0.3, -0.25) is 4.79 Å². The predicted octanol–water partition coefficient (Wildman–Crippen LogP) is 4.58. The summed E-state index contributed by atoms with van der Waals surface area (Å²) in [7, 11) is 0. The Kier molecular flexibility index (Phi) is 2.49. The van der Waals surface area contributed by atoms with Crippen LogP contribution in [0.5, 0.6) is 0 Å². The predicted molar refractivity (Wildman–Crippen MR) is 82.9 cm³/mol. The van der Waals surface area contributed by atoms with Gasteiger partial charge in [-0.2, -0.15) is 0 Å². The second-order valence-corrected chi connectivity index (χ2v) is 7.96. The summed E-state index contributed by atoms with van der Waals surface area (Å²) in [6.45, 7) is 0. The molecular formula is C20H24O. The van der Waals surface area contributed by atoms with Gasteiger partial charge in [0.1, 0.15) is 5.78 Å². The molecule has 0 unspecified atom stereocenters. The van der Waals surface area contributed by atoms with E-state index in [0.717, 1.165) is 42.4 Å². The van der Waals surface area contributed by atoms with Crippen LogP contribution in [0.3, 0.4) is 0 Å². The largest absolute Gasteiger partial charge is 0.299 e. The first kappa shape index (κ1) is 12.4. The molecule has 0 radical (unpaired) electrons. The van der Waals surface area contributed by atoms with Crippen molar-refractivity contribution in [1.82, 2.24) is 0 Å². The first-order valence-corrected chi connectivity index (χ1v) is 8.90. The summed E-state index contributed by atoms with van der Waals surface area (Å²) < 4.78 is 0. The highest BCUT2D eigenvalue weighted by Crippen LogP contribution is 2.74. The van der Waals surface area contributed by atoms with Gasteiger partial charge in [0.05, 0.1) is 0 Å². The number of ketones is 1. The summed E-state index contributed by atoms with van der Waals surface area (Å²) in [5.74, 6) is 4.72. The fourth-order valence-corrected chi connectivity index (χ4v) is 6.60. The Bertz CT molecular complexity index is 577. The maximum atomic E-state index is 12.6. The molecular weight excluding hydrogens is 256 g/mol. The summed E-state index contributed by atoms with van der Waals surface area (Å²) in [6.07, 6.45) is 8.64. The standard InChI is InChI=1S/C20H24O/c21-18-10-4-8-16-19(17-9-5-11-20(16,17)18)15-12-14(15)13-6-2-1-3-7-13/h1-3,6-7,14-17,19H,4-5,8-12H2/t14-,15+,16-,17-,19+,20-/m0/s1. The van der Waals surface area contributed by atoms with E-state index >= 15 is 0 Å². The number of benzene rings is 1. The summed E-state index contributed by atoms with van der Waals surface area (Å²) in [5.41, 5.74) is 1.72. The molecule has 4 aliphatic carbocycles. The number of hydrogen-bond donors (Lipinski definition) is 0. The third kappa shape index (κ3) is 1.50. The first-order valence-electron chi connectivity index (χ1n) is 8.90. The topological polar surface area (TPSA) is 17.1 Å². The second kappa shape index (κ2) is 4.21. The zero-order valence-corrected chi connectivity index (χ0v) is 12.6. The molecule has 21 heavy (non-hydrogen) atoms. The number of Topliss-reactive ketones (excluding diaryl/α,β-unsaturated/α-hetero) is 1. The summed E-state index contributed by atoms with van der Waals surface area (Å²) in [6, 6.07) is 11.1. The Labute approximate surface area is 127 Å². The van der Waals surface area contributed by atoms with Crippen molar-refractivity contribution in [3.63, 3.8) is 0 Å². The third-order valence-corrected chi connectivity index (χ3v) is 7.36. The lowest BCUT2D eigenvalue weighted by molar-refractivity contribution is -0.170. The highest BCUT2D eigenvalue weighted by molar-refractivity contribution is 5.88. The number of hydrogen-bond acceptors (Lipinski definition) is 1. The van der Waals surface area contributed by atoms with E-state index in [1.165, 1.54) is 32.1 Å². The van der Waals surface area contributed by atoms with Gasteiger partial charge in [0, 0.05) is 11.8 Å². The van der Waals surface area contributed by atoms with Crippen LogP contribution in [0.4, 0.5) is 0 Å². The lowest BCUT2D eigenvalue weighted by Gasteiger charge is -2.61. The smallest absolute Gasteiger partial charge is 0.139 e. The molecule has 110 valence electrons. The van der Waals surface area contributed by atoms with Crippen LogP contribution < -0.4 is 0 Å². The van der Waals surface area contributed by atoms with Crippen molar-refractivity contribution in [2.45, 2.75) is 50.9 Å². The van der Waals surface area contributed by atoms with Gasteiger partial charge in [-0.1, -0.05) is 36.8 Å². The molecule has 1 nitrogen and oxygen atoms in total. The van der Waals surface area contributed by atoms with Crippen LogP contribution in [0.15, 0.2) is 30.3 Å². The van der Waals surface area contributed by atoms with E-state index in [9.17, 15) is 4.79 Å². The van der Waals surface area contributed by atoms with Gasteiger partial charge >= 0.3 is 0 Å². The van der Waals surface area contributed by atoms with E-state index in [1.54, 1.807) is 5.56 Å². The van der Waals surface area contributed by atoms with Gasteiger partial charge < -0.3 is 0 Å². The third-order valence-electron chi connectivity index (χ3n) is 7.36. The van der Waals surface area contributed by atoms with E-state index in [0.29, 0.717) is 5.78 Å². The van der Waals surface area contributed by atoms with Crippen LogP contribution in [0, 0.1) is 29.1 Å². The van der Waals surface area contributed by atoms with Crippen LogP contribution in [-0.4, -0.2) is 5.78 Å². The van der Waals surface area contributed by atoms with Crippen molar-refractivity contribution in [1.29, 1.82) is 0 Å². The van der Waals surface area contributed by atoms with Crippen LogP contribution >= 0.6 is 0 Å². The molecule has 1 heteroatoms. The molecule has 0 aliphatic heterocycles. The van der Waals surface area contributed by atoms with E-state index in [-0.39, 0.29) is 5.41 Å². The molecule has 0 heterocycles. The van der Waals surface area contributed by atoms with E-state index in [1.807, 2.05) is 0 Å². The van der Waals surface area contributed by atoms with Crippen LogP contribution in [0.25, 0.3) is 0 Å². The highest BCUT2D eigenvalue weighted by Gasteiger charge is 2.70. The molecule has 0 N–H and O–H groups in total. The summed E-state index contributed by atoms with van der Waals surface area (Å²) >= 11 is 0. The minimum atomic E-state index is 0.173. The average Bonchev–Trinajstić information content (AvgIpc) is 3.19. The van der Waals surface area contributed by atoms with Crippen molar-refractivity contribution in [2.24, 2.45) is 29.1 Å². The maximum absolute atomic E-state index is 12.6. The highest BCUT2D eigenvalue weighted by atomic mass is 16.1. The van der Waals surface area contributed by atoms with Crippen LogP contribution in [-0.2, 0) is 4.79 Å². The second-order valence-electron chi connectivity index (χ2n) is 7.96. The average molecular weight is 280 g/mol. The molecule has 6 atom stereocenters. The zero-order chi connectivity index (χ0) is 14.0. The van der Waals surface area contributed by atoms with Crippen molar-refractivity contribution < 1.29 is 4.79 Å². The van der Waals surface area contributed by atoms with Crippen LogP contribution in [0.1, 0.15) is 56.4 Å². The Hall–Kier alpha value is -1.11. The molecule has 1 aromatic rings. The van der Waals surface area contributed by atoms with Gasteiger partial charge in [0.25, 0.3) is 0 Å². The first-order chi connectivity index (χ1) is 10.3. The minimum Gasteiger partial charge on any atom is -0.299 e. The normalized spacial score (nSPS) is 47.4. The van der Waals surface area contributed by atoms with Crippen molar-refractivity contribution >= 4 is 5.78 Å². The monoisotopic (exact) mass is 280 g/mol. The van der Waals surface area contributed by atoms with Gasteiger partial charge in [0.2, 0.25) is 0 Å². The van der Waals surface area contributed by atoms with Gasteiger partial charge in [-0.15, -0.1) is 0 Å². The quantitative estimate of drug-likeness (QED) is 0.775. The number of carbonyl (C=O) groups excluding carboxylic acids is 1. The molecule has 0 bridgehead atoms. The number of rotatable bonds is 2. The molecule has 4 fully saturated rings. The van der Waals surface area contributed by atoms with Gasteiger partial charge in [0.15, 0.2) is 0 Å². The lowest BCUT2D eigenvalue weighted by atomic mass is 9.42. The van der Waals surface area contributed by atoms with E-state index < -0.39 is 0 Å².